The van der Waals surface area contributed by atoms with Gasteiger partial charge >= 0.3 is 0 Å². The van der Waals surface area contributed by atoms with Crippen LogP contribution < -0.4 is 5.32 Å². The Balaban J connectivity index is 1.46. The zero-order valence-electron chi connectivity index (χ0n) is 12.0. The van der Waals surface area contributed by atoms with Gasteiger partial charge < -0.3 is 14.8 Å². The Kier molecular flexibility index (Phi) is 5.46. The van der Waals surface area contributed by atoms with Crippen molar-refractivity contribution in [3.05, 3.63) is 0 Å². The molecule has 0 spiro atoms. The third-order valence-electron chi connectivity index (χ3n) is 4.11. The van der Waals surface area contributed by atoms with Crippen LogP contribution in [0.5, 0.6) is 0 Å². The minimum absolute atomic E-state index is 0.0882. The fourth-order valence-corrected chi connectivity index (χ4v) is 3.01. The monoisotopic (exact) mass is 255 g/mol. The first-order chi connectivity index (χ1) is 8.66. The second kappa shape index (κ2) is 6.88. The fourth-order valence-electron chi connectivity index (χ4n) is 3.01. The van der Waals surface area contributed by atoms with E-state index in [1.165, 1.54) is 44.9 Å². The normalized spacial score (nSPS) is 28.7. The Morgan fingerprint density at radius 1 is 1.17 bits per heavy atom. The third-order valence-corrected chi connectivity index (χ3v) is 4.11. The molecule has 0 aromatic rings. The van der Waals surface area contributed by atoms with Gasteiger partial charge in [0, 0.05) is 13.1 Å². The Labute approximate surface area is 112 Å². The summed E-state index contributed by atoms with van der Waals surface area (Å²) in [5.41, 5.74) is 0.0882. The average molecular weight is 255 g/mol. The summed E-state index contributed by atoms with van der Waals surface area (Å²) in [6, 6.07) is 0. The van der Waals surface area contributed by atoms with Gasteiger partial charge in [0.15, 0.2) is 0 Å². The van der Waals surface area contributed by atoms with Gasteiger partial charge in [0.25, 0.3) is 0 Å². The largest absolute Gasteiger partial charge is 0.377 e. The number of nitrogens with one attached hydrogen (secondary N) is 1. The lowest BCUT2D eigenvalue weighted by Crippen LogP contribution is -2.32. The van der Waals surface area contributed by atoms with E-state index in [4.69, 9.17) is 9.47 Å². The molecule has 2 aliphatic rings. The molecule has 0 amide bonds. The maximum absolute atomic E-state index is 5.94. The molecule has 0 radical (unpaired) electrons. The van der Waals surface area contributed by atoms with E-state index >= 15 is 0 Å². The fraction of sp³-hybridized carbons (Fsp3) is 1.00. The molecule has 3 heteroatoms. The van der Waals surface area contributed by atoms with Crippen LogP contribution >= 0.6 is 0 Å². The SMILES string of the molecule is CC1(C)CCC(CNCCOC2CCCCC2)O1. The second-order valence-corrected chi connectivity index (χ2v) is 6.37. The van der Waals surface area contributed by atoms with Crippen molar-refractivity contribution in [3.63, 3.8) is 0 Å². The molecule has 2 fully saturated rings. The van der Waals surface area contributed by atoms with Crippen molar-refractivity contribution in [2.24, 2.45) is 0 Å². The summed E-state index contributed by atoms with van der Waals surface area (Å²) in [6.07, 6.45) is 9.91. The van der Waals surface area contributed by atoms with Gasteiger partial charge in [0.05, 0.1) is 24.4 Å². The summed E-state index contributed by atoms with van der Waals surface area (Å²) >= 11 is 0. The van der Waals surface area contributed by atoms with Crippen molar-refractivity contribution in [2.45, 2.75) is 76.6 Å². The van der Waals surface area contributed by atoms with Crippen LogP contribution in [0.3, 0.4) is 0 Å². The van der Waals surface area contributed by atoms with Crippen LogP contribution in [-0.4, -0.2) is 37.5 Å². The summed E-state index contributed by atoms with van der Waals surface area (Å²) in [4.78, 5) is 0. The van der Waals surface area contributed by atoms with Gasteiger partial charge in [-0.2, -0.15) is 0 Å². The molecule has 1 aliphatic carbocycles. The molecule has 1 heterocycles. The molecule has 106 valence electrons. The predicted molar refractivity (Wildman–Crippen MR) is 73.9 cm³/mol. The zero-order chi connectivity index (χ0) is 12.8. The summed E-state index contributed by atoms with van der Waals surface area (Å²) in [5.74, 6) is 0. The van der Waals surface area contributed by atoms with Gasteiger partial charge in [-0.1, -0.05) is 19.3 Å². The first-order valence-electron chi connectivity index (χ1n) is 7.66. The number of rotatable bonds is 6. The molecular formula is C15H29NO2. The average Bonchev–Trinajstić information content (AvgIpc) is 2.70. The Hall–Kier alpha value is -0.120. The second-order valence-electron chi connectivity index (χ2n) is 6.37. The van der Waals surface area contributed by atoms with Crippen LogP contribution in [0.25, 0.3) is 0 Å². The Morgan fingerprint density at radius 3 is 2.61 bits per heavy atom. The molecule has 0 bridgehead atoms. The van der Waals surface area contributed by atoms with Crippen LogP contribution in [0, 0.1) is 0 Å². The predicted octanol–water partition coefficient (Wildman–Crippen LogP) is 2.88. The molecule has 2 rings (SSSR count). The lowest BCUT2D eigenvalue weighted by molar-refractivity contribution is -0.0159. The summed E-state index contributed by atoms with van der Waals surface area (Å²) < 4.78 is 11.8. The van der Waals surface area contributed by atoms with Gasteiger partial charge in [0.2, 0.25) is 0 Å². The van der Waals surface area contributed by atoms with Crippen molar-refractivity contribution in [1.82, 2.24) is 5.32 Å². The lowest BCUT2D eigenvalue weighted by atomic mass is 9.98. The van der Waals surface area contributed by atoms with Gasteiger partial charge in [-0.15, -0.1) is 0 Å². The lowest BCUT2D eigenvalue weighted by Gasteiger charge is -2.22. The zero-order valence-corrected chi connectivity index (χ0v) is 12.0. The van der Waals surface area contributed by atoms with Crippen molar-refractivity contribution < 1.29 is 9.47 Å². The summed E-state index contributed by atoms with van der Waals surface area (Å²) in [6.45, 7) is 7.13. The Bertz CT molecular complexity index is 237. The van der Waals surface area contributed by atoms with E-state index in [-0.39, 0.29) is 5.60 Å². The van der Waals surface area contributed by atoms with Gasteiger partial charge in [0.1, 0.15) is 0 Å². The molecule has 1 atom stereocenters. The van der Waals surface area contributed by atoms with E-state index < -0.39 is 0 Å². The molecule has 1 saturated heterocycles. The van der Waals surface area contributed by atoms with Crippen LogP contribution in [0.1, 0.15) is 58.8 Å². The smallest absolute Gasteiger partial charge is 0.0707 e. The number of hydrogen-bond acceptors (Lipinski definition) is 3. The molecule has 1 aliphatic heterocycles. The molecular weight excluding hydrogens is 226 g/mol. The molecule has 1 N–H and O–H groups in total. The molecule has 3 nitrogen and oxygen atoms in total. The van der Waals surface area contributed by atoms with Crippen molar-refractivity contribution in [2.75, 3.05) is 19.7 Å². The topological polar surface area (TPSA) is 30.5 Å². The van der Waals surface area contributed by atoms with Gasteiger partial charge in [-0.05, 0) is 39.5 Å². The van der Waals surface area contributed by atoms with E-state index in [0.29, 0.717) is 12.2 Å². The van der Waals surface area contributed by atoms with Crippen LogP contribution in [-0.2, 0) is 9.47 Å². The maximum Gasteiger partial charge on any atom is 0.0707 e. The standard InChI is InChI=1S/C15H29NO2/c1-15(2)9-8-14(18-15)12-16-10-11-17-13-6-4-3-5-7-13/h13-14,16H,3-12H2,1-2H3. The quantitative estimate of drug-likeness (QED) is 0.740. The van der Waals surface area contributed by atoms with E-state index in [9.17, 15) is 0 Å². The molecule has 1 saturated carbocycles. The maximum atomic E-state index is 5.94. The van der Waals surface area contributed by atoms with Gasteiger partial charge in [-0.3, -0.25) is 0 Å². The Morgan fingerprint density at radius 2 is 1.94 bits per heavy atom. The van der Waals surface area contributed by atoms with Crippen molar-refractivity contribution >= 4 is 0 Å². The summed E-state index contributed by atoms with van der Waals surface area (Å²) in [7, 11) is 0. The van der Waals surface area contributed by atoms with Crippen LogP contribution in [0.2, 0.25) is 0 Å². The van der Waals surface area contributed by atoms with E-state index in [1.807, 2.05) is 0 Å². The van der Waals surface area contributed by atoms with Crippen LogP contribution in [0.4, 0.5) is 0 Å². The number of ether oxygens (including phenoxy) is 2. The molecule has 0 aromatic carbocycles. The third kappa shape index (κ3) is 4.87. The first-order valence-corrected chi connectivity index (χ1v) is 7.66. The highest BCUT2D eigenvalue weighted by Crippen LogP contribution is 2.28. The number of hydrogen-bond donors (Lipinski definition) is 1. The summed E-state index contributed by atoms with van der Waals surface area (Å²) in [5, 5.41) is 3.45. The van der Waals surface area contributed by atoms with E-state index in [0.717, 1.165) is 19.7 Å². The molecule has 0 aromatic heterocycles. The van der Waals surface area contributed by atoms with Crippen molar-refractivity contribution in [1.29, 1.82) is 0 Å². The highest BCUT2D eigenvalue weighted by molar-refractivity contribution is 4.81. The molecule has 1 unspecified atom stereocenters. The van der Waals surface area contributed by atoms with E-state index in [1.54, 1.807) is 0 Å². The van der Waals surface area contributed by atoms with Gasteiger partial charge in [-0.25, -0.2) is 0 Å². The van der Waals surface area contributed by atoms with E-state index in [2.05, 4.69) is 19.2 Å². The highest BCUT2D eigenvalue weighted by atomic mass is 16.5. The molecule has 18 heavy (non-hydrogen) atoms. The minimum atomic E-state index is 0.0882. The van der Waals surface area contributed by atoms with Crippen molar-refractivity contribution in [3.8, 4) is 0 Å². The minimum Gasteiger partial charge on any atom is -0.377 e. The van der Waals surface area contributed by atoms with Crippen LogP contribution in [0.15, 0.2) is 0 Å². The first kappa shape index (κ1) is 14.3. The highest BCUT2D eigenvalue weighted by Gasteiger charge is 2.31.